The lowest BCUT2D eigenvalue weighted by Gasteiger charge is -2.13. The summed E-state index contributed by atoms with van der Waals surface area (Å²) in [5.41, 5.74) is 4.38. The second-order valence-electron chi connectivity index (χ2n) is 8.71. The number of carbonyl (C=O) groups is 1. The Balaban J connectivity index is 1.47. The predicted molar refractivity (Wildman–Crippen MR) is 154 cm³/mol. The number of non-ortho nitro benzene ring substituents is 1. The Kier molecular flexibility index (Phi) is 9.56. The maximum atomic E-state index is 12.5. The van der Waals surface area contributed by atoms with E-state index in [0.717, 1.165) is 59.2 Å². The van der Waals surface area contributed by atoms with Crippen molar-refractivity contribution in [1.82, 2.24) is 14.9 Å². The summed E-state index contributed by atoms with van der Waals surface area (Å²) in [5, 5.41) is 14.8. The Labute approximate surface area is 231 Å². The molecule has 7 nitrogen and oxygen atoms in total. The molecule has 196 valence electrons. The maximum absolute atomic E-state index is 12.5. The van der Waals surface area contributed by atoms with Crippen LogP contribution in [0.5, 0.6) is 0 Å². The van der Waals surface area contributed by atoms with Crippen LogP contribution in [0.4, 0.5) is 5.69 Å². The molecule has 0 fully saturated rings. The van der Waals surface area contributed by atoms with Crippen molar-refractivity contribution >= 4 is 35.0 Å². The molecule has 3 aromatic carbocycles. The Bertz CT molecular complexity index is 1390. The monoisotopic (exact) mass is 548 g/mol. The van der Waals surface area contributed by atoms with Crippen LogP contribution >= 0.6 is 23.4 Å². The Morgan fingerprint density at radius 3 is 2.34 bits per heavy atom. The van der Waals surface area contributed by atoms with E-state index in [4.69, 9.17) is 16.6 Å². The van der Waals surface area contributed by atoms with Gasteiger partial charge in [-0.2, -0.15) is 0 Å². The molecule has 0 saturated heterocycles. The number of nitro benzene ring substituents is 1. The number of rotatable bonds is 12. The van der Waals surface area contributed by atoms with E-state index < -0.39 is 4.92 Å². The summed E-state index contributed by atoms with van der Waals surface area (Å²) >= 11 is 7.76. The first-order chi connectivity index (χ1) is 18.5. The number of unbranched alkanes of at least 4 members (excludes halogenated alkanes) is 1. The minimum atomic E-state index is -0.540. The van der Waals surface area contributed by atoms with Crippen molar-refractivity contribution < 1.29 is 9.72 Å². The fraction of sp³-hybridized carbons (Fsp3) is 0.241. The third-order valence-corrected chi connectivity index (χ3v) is 7.38. The summed E-state index contributed by atoms with van der Waals surface area (Å²) in [6, 6.07) is 24.5. The summed E-state index contributed by atoms with van der Waals surface area (Å²) in [4.78, 5) is 28.0. The van der Waals surface area contributed by atoms with E-state index in [2.05, 4.69) is 41.1 Å². The van der Waals surface area contributed by atoms with Gasteiger partial charge in [-0.15, -0.1) is 0 Å². The quantitative estimate of drug-likeness (QED) is 0.0857. The molecule has 0 aliphatic rings. The van der Waals surface area contributed by atoms with Crippen LogP contribution in [0.3, 0.4) is 0 Å². The van der Waals surface area contributed by atoms with Crippen molar-refractivity contribution in [3.8, 4) is 22.5 Å². The Hall–Kier alpha value is -3.62. The van der Waals surface area contributed by atoms with E-state index in [0.29, 0.717) is 6.54 Å². The van der Waals surface area contributed by atoms with Crippen molar-refractivity contribution in [1.29, 1.82) is 0 Å². The number of carbonyl (C=O) groups excluding carboxylic acids is 1. The van der Waals surface area contributed by atoms with Gasteiger partial charge in [-0.05, 0) is 18.9 Å². The van der Waals surface area contributed by atoms with Crippen LogP contribution < -0.4 is 5.32 Å². The summed E-state index contributed by atoms with van der Waals surface area (Å²) in [7, 11) is 0. The van der Waals surface area contributed by atoms with E-state index >= 15 is 0 Å². The molecule has 1 aromatic heterocycles. The Morgan fingerprint density at radius 1 is 1.03 bits per heavy atom. The topological polar surface area (TPSA) is 90.1 Å². The molecule has 1 amide bonds. The highest BCUT2D eigenvalue weighted by Gasteiger charge is 2.20. The van der Waals surface area contributed by atoms with Crippen molar-refractivity contribution in [3.05, 3.63) is 99.6 Å². The third-order valence-electron chi connectivity index (χ3n) is 6.01. The lowest BCUT2D eigenvalue weighted by atomic mass is 10.0. The number of hydrogen-bond acceptors (Lipinski definition) is 5. The second-order valence-corrected chi connectivity index (χ2v) is 10.2. The van der Waals surface area contributed by atoms with Gasteiger partial charge in [0.2, 0.25) is 0 Å². The van der Waals surface area contributed by atoms with Gasteiger partial charge in [0.15, 0.2) is 5.16 Å². The number of aromatic nitrogens is 2. The molecule has 0 atom stereocenters. The van der Waals surface area contributed by atoms with Crippen LogP contribution in [-0.2, 0) is 6.54 Å². The van der Waals surface area contributed by atoms with Crippen LogP contribution in [0.2, 0.25) is 5.02 Å². The first-order valence-electron chi connectivity index (χ1n) is 12.6. The highest BCUT2D eigenvalue weighted by atomic mass is 35.5. The second kappa shape index (κ2) is 13.3. The first kappa shape index (κ1) is 27.4. The zero-order chi connectivity index (χ0) is 26.9. The smallest absolute Gasteiger partial charge is 0.270 e. The minimum Gasteiger partial charge on any atom is -0.352 e. The molecule has 4 aromatic rings. The molecule has 0 aliphatic heterocycles. The molecule has 0 unspecified atom stereocenters. The normalized spacial score (nSPS) is 10.9. The van der Waals surface area contributed by atoms with Gasteiger partial charge in [-0.25, -0.2) is 4.98 Å². The SMILES string of the molecule is CCCCn1c(SCCCNC(=O)c2ccc([N+](=O)[O-])cc2Cl)nc(-c2ccccc2)c1-c1ccccc1. The summed E-state index contributed by atoms with van der Waals surface area (Å²) < 4.78 is 2.32. The zero-order valence-corrected chi connectivity index (χ0v) is 22.7. The third kappa shape index (κ3) is 6.62. The minimum absolute atomic E-state index is 0.0610. The first-order valence-corrected chi connectivity index (χ1v) is 13.9. The predicted octanol–water partition coefficient (Wildman–Crippen LogP) is 7.49. The van der Waals surface area contributed by atoms with Crippen molar-refractivity contribution in [2.24, 2.45) is 0 Å². The largest absolute Gasteiger partial charge is 0.352 e. The van der Waals surface area contributed by atoms with Crippen molar-refractivity contribution in [2.75, 3.05) is 12.3 Å². The van der Waals surface area contributed by atoms with Gasteiger partial charge in [0, 0.05) is 42.1 Å². The van der Waals surface area contributed by atoms with E-state index in [9.17, 15) is 14.9 Å². The molecule has 0 radical (unpaired) electrons. The molecule has 0 bridgehead atoms. The fourth-order valence-electron chi connectivity index (χ4n) is 4.09. The van der Waals surface area contributed by atoms with Gasteiger partial charge < -0.3 is 9.88 Å². The number of benzene rings is 3. The molecule has 0 spiro atoms. The average molecular weight is 549 g/mol. The molecular formula is C29H29ClN4O3S. The number of nitro groups is 1. The Morgan fingerprint density at radius 2 is 1.71 bits per heavy atom. The molecule has 0 aliphatic carbocycles. The molecule has 0 saturated carbocycles. The number of thioether (sulfide) groups is 1. The molecule has 1 heterocycles. The van der Waals surface area contributed by atoms with Crippen molar-refractivity contribution in [3.63, 3.8) is 0 Å². The van der Waals surface area contributed by atoms with Gasteiger partial charge in [-0.1, -0.05) is 97.4 Å². The zero-order valence-electron chi connectivity index (χ0n) is 21.1. The highest BCUT2D eigenvalue weighted by molar-refractivity contribution is 7.99. The fourth-order valence-corrected chi connectivity index (χ4v) is 5.31. The van der Waals surface area contributed by atoms with E-state index in [1.165, 1.54) is 18.2 Å². The van der Waals surface area contributed by atoms with E-state index in [-0.39, 0.29) is 22.2 Å². The highest BCUT2D eigenvalue weighted by Crippen LogP contribution is 2.36. The molecule has 4 rings (SSSR count). The number of halogens is 1. The van der Waals surface area contributed by atoms with E-state index in [1.54, 1.807) is 11.8 Å². The summed E-state index contributed by atoms with van der Waals surface area (Å²) in [6.07, 6.45) is 2.85. The van der Waals surface area contributed by atoms with Gasteiger partial charge >= 0.3 is 0 Å². The molecule has 38 heavy (non-hydrogen) atoms. The summed E-state index contributed by atoms with van der Waals surface area (Å²) in [6.45, 7) is 3.51. The standard InChI is InChI=1S/C29H29ClN4O3S/c1-2-3-18-33-27(22-13-8-5-9-14-22)26(21-11-6-4-7-12-21)32-29(33)38-19-10-17-31-28(35)24-16-15-23(34(36)37)20-25(24)30/h4-9,11-16,20H,2-3,10,17-19H2,1H3,(H,31,35). The van der Waals surface area contributed by atoms with Gasteiger partial charge in [-0.3, -0.25) is 14.9 Å². The number of nitrogens with one attached hydrogen (secondary N) is 1. The van der Waals surface area contributed by atoms with Gasteiger partial charge in [0.05, 0.1) is 26.9 Å². The van der Waals surface area contributed by atoms with Gasteiger partial charge in [0.25, 0.3) is 11.6 Å². The van der Waals surface area contributed by atoms with Crippen LogP contribution in [0.25, 0.3) is 22.5 Å². The number of imidazole rings is 1. The molecule has 9 heteroatoms. The number of nitrogens with zero attached hydrogens (tertiary/aromatic N) is 3. The van der Waals surface area contributed by atoms with Crippen LogP contribution in [-0.4, -0.2) is 32.7 Å². The van der Waals surface area contributed by atoms with Crippen LogP contribution in [0.15, 0.2) is 84.0 Å². The molecular weight excluding hydrogens is 520 g/mol. The number of hydrogen-bond donors (Lipinski definition) is 1. The average Bonchev–Trinajstić information content (AvgIpc) is 3.30. The van der Waals surface area contributed by atoms with Crippen LogP contribution in [0.1, 0.15) is 36.5 Å². The van der Waals surface area contributed by atoms with Crippen molar-refractivity contribution in [2.45, 2.75) is 37.9 Å². The number of amides is 1. The lowest BCUT2D eigenvalue weighted by Crippen LogP contribution is -2.25. The summed E-state index contributed by atoms with van der Waals surface area (Å²) in [5.74, 6) is 0.414. The van der Waals surface area contributed by atoms with E-state index in [1.807, 2.05) is 36.4 Å². The van der Waals surface area contributed by atoms with Gasteiger partial charge in [0.1, 0.15) is 0 Å². The van der Waals surface area contributed by atoms with Crippen LogP contribution in [0, 0.1) is 10.1 Å². The maximum Gasteiger partial charge on any atom is 0.270 e. The lowest BCUT2D eigenvalue weighted by molar-refractivity contribution is -0.384. The molecule has 1 N–H and O–H groups in total.